The van der Waals surface area contributed by atoms with Crippen molar-refractivity contribution in [3.8, 4) is 44.5 Å². The Labute approximate surface area is 352 Å². The summed E-state index contributed by atoms with van der Waals surface area (Å²) in [5, 5.41) is 2.51. The third kappa shape index (κ3) is 6.03. The average Bonchev–Trinajstić information content (AvgIpc) is 3.63. The fourth-order valence-corrected chi connectivity index (χ4v) is 9.52. The standard InChI is InChI=1S/C59H41N/c1-4-16-42(17-5-1)48-22-15-27-53(40-48)60(52-34-32-44(33-35-52)46-20-14-21-47(38-46)49-31-30-43-18-10-11-19-45(43)39-49)54-36-37-56-55-28-12-13-29-57(55)59(58(56)41-54,50-23-6-2-7-24-50)51-25-8-3-9-26-51/h1-41H. The zero-order chi connectivity index (χ0) is 39.9. The Morgan fingerprint density at radius 3 is 1.47 bits per heavy atom. The lowest BCUT2D eigenvalue weighted by Gasteiger charge is -2.35. The van der Waals surface area contributed by atoms with E-state index in [1.54, 1.807) is 0 Å². The molecular formula is C59H41N. The molecule has 0 amide bonds. The Hall–Kier alpha value is -7.74. The summed E-state index contributed by atoms with van der Waals surface area (Å²) in [6.45, 7) is 0. The summed E-state index contributed by atoms with van der Waals surface area (Å²) in [5.41, 5.74) is 17.6. The fourth-order valence-electron chi connectivity index (χ4n) is 9.52. The van der Waals surface area contributed by atoms with Crippen LogP contribution in [0.25, 0.3) is 55.3 Å². The molecule has 1 heteroatoms. The van der Waals surface area contributed by atoms with Crippen molar-refractivity contribution in [3.63, 3.8) is 0 Å². The van der Waals surface area contributed by atoms with E-state index >= 15 is 0 Å². The average molecular weight is 764 g/mol. The van der Waals surface area contributed by atoms with Gasteiger partial charge in [-0.25, -0.2) is 0 Å². The van der Waals surface area contributed by atoms with Crippen LogP contribution in [0.3, 0.4) is 0 Å². The zero-order valence-corrected chi connectivity index (χ0v) is 33.1. The van der Waals surface area contributed by atoms with Crippen LogP contribution < -0.4 is 4.90 Å². The molecule has 1 nitrogen and oxygen atoms in total. The maximum absolute atomic E-state index is 2.45. The molecule has 1 aliphatic carbocycles. The molecule has 0 aromatic heterocycles. The summed E-state index contributed by atoms with van der Waals surface area (Å²) in [4.78, 5) is 2.42. The van der Waals surface area contributed by atoms with Gasteiger partial charge in [0.25, 0.3) is 0 Å². The van der Waals surface area contributed by atoms with Gasteiger partial charge in [0, 0.05) is 17.1 Å². The van der Waals surface area contributed by atoms with Crippen molar-refractivity contribution in [3.05, 3.63) is 271 Å². The minimum Gasteiger partial charge on any atom is -0.310 e. The van der Waals surface area contributed by atoms with E-state index < -0.39 is 5.41 Å². The van der Waals surface area contributed by atoms with Crippen molar-refractivity contribution in [1.82, 2.24) is 0 Å². The summed E-state index contributed by atoms with van der Waals surface area (Å²) >= 11 is 0. The number of fused-ring (bicyclic) bond motifs is 4. The molecule has 0 fully saturated rings. The summed E-state index contributed by atoms with van der Waals surface area (Å²) in [6, 6.07) is 91.0. The normalized spacial score (nSPS) is 12.5. The van der Waals surface area contributed by atoms with Gasteiger partial charge in [-0.15, -0.1) is 0 Å². The molecule has 0 saturated heterocycles. The minimum atomic E-state index is -0.498. The molecule has 0 bridgehead atoms. The van der Waals surface area contributed by atoms with E-state index in [-0.39, 0.29) is 0 Å². The maximum atomic E-state index is 2.45. The molecule has 10 aromatic rings. The van der Waals surface area contributed by atoms with Gasteiger partial charge < -0.3 is 4.90 Å². The molecule has 60 heavy (non-hydrogen) atoms. The van der Waals surface area contributed by atoms with Crippen molar-refractivity contribution in [2.24, 2.45) is 0 Å². The van der Waals surface area contributed by atoms with Gasteiger partial charge in [-0.3, -0.25) is 0 Å². The first kappa shape index (κ1) is 35.4. The van der Waals surface area contributed by atoms with Crippen LogP contribution in [-0.2, 0) is 5.41 Å². The molecular weight excluding hydrogens is 723 g/mol. The number of hydrogen-bond donors (Lipinski definition) is 0. The Bertz CT molecular complexity index is 3090. The molecule has 0 radical (unpaired) electrons. The van der Waals surface area contributed by atoms with E-state index in [2.05, 4.69) is 254 Å². The summed E-state index contributed by atoms with van der Waals surface area (Å²) in [7, 11) is 0. The van der Waals surface area contributed by atoms with E-state index in [9.17, 15) is 0 Å². The molecule has 0 spiro atoms. The third-order valence-electron chi connectivity index (χ3n) is 12.3. The third-order valence-corrected chi connectivity index (χ3v) is 12.3. The topological polar surface area (TPSA) is 3.24 Å². The lowest BCUT2D eigenvalue weighted by molar-refractivity contribution is 0.768. The second-order valence-corrected chi connectivity index (χ2v) is 15.7. The molecule has 1 aliphatic rings. The van der Waals surface area contributed by atoms with Gasteiger partial charge >= 0.3 is 0 Å². The van der Waals surface area contributed by atoms with Crippen LogP contribution in [0.5, 0.6) is 0 Å². The Morgan fingerprint density at radius 2 is 0.733 bits per heavy atom. The fraction of sp³-hybridized carbons (Fsp3) is 0.0169. The quantitative estimate of drug-likeness (QED) is 0.149. The molecule has 0 atom stereocenters. The van der Waals surface area contributed by atoms with Gasteiger partial charge in [-0.2, -0.15) is 0 Å². The van der Waals surface area contributed by atoms with Gasteiger partial charge in [0.2, 0.25) is 0 Å². The number of benzene rings is 10. The van der Waals surface area contributed by atoms with Gasteiger partial charge in [-0.1, -0.05) is 200 Å². The second-order valence-electron chi connectivity index (χ2n) is 15.7. The minimum absolute atomic E-state index is 0.498. The van der Waals surface area contributed by atoms with Crippen molar-refractivity contribution in [2.45, 2.75) is 5.41 Å². The molecule has 0 unspecified atom stereocenters. The van der Waals surface area contributed by atoms with E-state index in [0.29, 0.717) is 0 Å². The molecule has 11 rings (SSSR count). The van der Waals surface area contributed by atoms with Crippen LogP contribution in [-0.4, -0.2) is 0 Å². The predicted octanol–water partition coefficient (Wildman–Crippen LogP) is 15.7. The van der Waals surface area contributed by atoms with Crippen LogP contribution in [0.15, 0.2) is 249 Å². The highest BCUT2D eigenvalue weighted by Crippen LogP contribution is 2.57. The van der Waals surface area contributed by atoms with Crippen LogP contribution in [0.2, 0.25) is 0 Å². The number of rotatable bonds is 8. The Balaban J connectivity index is 1.07. The first-order chi connectivity index (χ1) is 29.7. The smallest absolute Gasteiger partial charge is 0.0714 e. The van der Waals surface area contributed by atoms with Crippen LogP contribution >= 0.6 is 0 Å². The lowest BCUT2D eigenvalue weighted by atomic mass is 9.67. The highest BCUT2D eigenvalue weighted by atomic mass is 15.1. The van der Waals surface area contributed by atoms with E-state index in [4.69, 9.17) is 0 Å². The zero-order valence-electron chi connectivity index (χ0n) is 33.1. The monoisotopic (exact) mass is 763 g/mol. The Kier molecular flexibility index (Phi) is 8.79. The highest BCUT2D eigenvalue weighted by molar-refractivity contribution is 5.91. The molecule has 0 saturated carbocycles. The highest BCUT2D eigenvalue weighted by Gasteiger charge is 2.46. The molecule has 0 aliphatic heterocycles. The SMILES string of the molecule is c1ccc(-c2cccc(N(c3ccc(-c4cccc(-c5ccc6ccccc6c5)c4)cc3)c3ccc4c(c3)C(c3ccccc3)(c3ccccc3)c3ccccc3-4)c2)cc1. The van der Waals surface area contributed by atoms with Crippen LogP contribution in [0, 0.1) is 0 Å². The molecule has 0 heterocycles. The van der Waals surface area contributed by atoms with Gasteiger partial charge in [0.15, 0.2) is 0 Å². The predicted molar refractivity (Wildman–Crippen MR) is 252 cm³/mol. The molecule has 0 N–H and O–H groups in total. The number of hydrogen-bond acceptors (Lipinski definition) is 1. The second kappa shape index (κ2) is 14.9. The maximum Gasteiger partial charge on any atom is 0.0714 e. The first-order valence-electron chi connectivity index (χ1n) is 20.7. The molecule has 282 valence electrons. The number of nitrogens with zero attached hydrogens (tertiary/aromatic N) is 1. The van der Waals surface area contributed by atoms with E-state index in [0.717, 1.165) is 17.1 Å². The lowest BCUT2D eigenvalue weighted by Crippen LogP contribution is -2.28. The summed E-state index contributed by atoms with van der Waals surface area (Å²) in [6.07, 6.45) is 0. The summed E-state index contributed by atoms with van der Waals surface area (Å²) in [5.74, 6) is 0. The van der Waals surface area contributed by atoms with Crippen molar-refractivity contribution < 1.29 is 0 Å². The van der Waals surface area contributed by atoms with Crippen molar-refractivity contribution in [1.29, 1.82) is 0 Å². The van der Waals surface area contributed by atoms with Gasteiger partial charge in [0.05, 0.1) is 5.41 Å². The summed E-state index contributed by atoms with van der Waals surface area (Å²) < 4.78 is 0. The number of anilines is 3. The van der Waals surface area contributed by atoms with E-state index in [1.165, 1.54) is 77.5 Å². The Morgan fingerprint density at radius 1 is 0.250 bits per heavy atom. The van der Waals surface area contributed by atoms with Crippen molar-refractivity contribution >= 4 is 27.8 Å². The molecule has 10 aromatic carbocycles. The van der Waals surface area contributed by atoms with Crippen LogP contribution in [0.1, 0.15) is 22.3 Å². The van der Waals surface area contributed by atoms with Gasteiger partial charge in [-0.05, 0) is 126 Å². The van der Waals surface area contributed by atoms with E-state index in [1.807, 2.05) is 0 Å². The largest absolute Gasteiger partial charge is 0.310 e. The first-order valence-corrected chi connectivity index (χ1v) is 20.7. The van der Waals surface area contributed by atoms with Crippen LogP contribution in [0.4, 0.5) is 17.1 Å². The van der Waals surface area contributed by atoms with Crippen molar-refractivity contribution in [2.75, 3.05) is 4.90 Å². The van der Waals surface area contributed by atoms with Gasteiger partial charge in [0.1, 0.15) is 0 Å².